The van der Waals surface area contributed by atoms with Gasteiger partial charge in [-0.15, -0.1) is 11.3 Å². The molecule has 2 heterocycles. The lowest BCUT2D eigenvalue weighted by Crippen LogP contribution is -2.39. The Morgan fingerprint density at radius 2 is 2.32 bits per heavy atom. The molecule has 0 N–H and O–H groups in total. The van der Waals surface area contributed by atoms with Crippen LogP contribution in [-0.2, 0) is 11.3 Å². The van der Waals surface area contributed by atoms with Gasteiger partial charge in [0.15, 0.2) is 0 Å². The monoisotopic (exact) mass is 299 g/mol. The second-order valence-electron chi connectivity index (χ2n) is 4.81. The highest BCUT2D eigenvalue weighted by molar-refractivity contribution is 7.99. The molecule has 0 saturated carbocycles. The van der Waals surface area contributed by atoms with Crippen molar-refractivity contribution in [3.8, 4) is 0 Å². The smallest absolute Gasteiger partial charge is 0.235 e. The third kappa shape index (κ3) is 4.19. The van der Waals surface area contributed by atoms with Gasteiger partial charge in [-0.3, -0.25) is 9.69 Å². The Morgan fingerprint density at radius 1 is 1.47 bits per heavy atom. The fourth-order valence-electron chi connectivity index (χ4n) is 2.25. The van der Waals surface area contributed by atoms with Crippen LogP contribution in [0.15, 0.2) is 10.9 Å². The Morgan fingerprint density at radius 3 is 3.00 bits per heavy atom. The van der Waals surface area contributed by atoms with E-state index in [-0.39, 0.29) is 11.2 Å². The number of rotatable bonds is 4. The van der Waals surface area contributed by atoms with E-state index in [0.29, 0.717) is 0 Å². The molecule has 1 aliphatic rings. The van der Waals surface area contributed by atoms with E-state index in [0.717, 1.165) is 44.8 Å². The van der Waals surface area contributed by atoms with Crippen molar-refractivity contribution in [3.63, 3.8) is 0 Å². The highest BCUT2D eigenvalue weighted by Crippen LogP contribution is 2.13. The highest BCUT2D eigenvalue weighted by Gasteiger charge is 2.22. The van der Waals surface area contributed by atoms with Crippen LogP contribution in [0, 0.1) is 0 Å². The van der Waals surface area contributed by atoms with Crippen molar-refractivity contribution >= 4 is 29.0 Å². The van der Waals surface area contributed by atoms with Gasteiger partial charge in [-0.1, -0.05) is 0 Å². The summed E-state index contributed by atoms with van der Waals surface area (Å²) in [6, 6.07) is 0. The van der Waals surface area contributed by atoms with Crippen molar-refractivity contribution in [2.45, 2.75) is 25.1 Å². The molecule has 0 spiro atoms. The molecule has 2 rings (SSSR count). The second-order valence-corrected chi connectivity index (χ2v) is 6.71. The Hall–Kier alpha value is -0.590. The number of carbonyl (C=O) groups is 1. The third-order valence-electron chi connectivity index (χ3n) is 3.47. The number of nitrogens with zero attached hydrogens (tertiary/aromatic N) is 3. The fraction of sp³-hybridized carbons (Fsp3) is 0.692. The molecule has 106 valence electrons. The molecule has 1 aromatic rings. The van der Waals surface area contributed by atoms with Gasteiger partial charge in [-0.25, -0.2) is 4.98 Å². The minimum Gasteiger partial charge on any atom is -0.340 e. The molecular weight excluding hydrogens is 278 g/mol. The summed E-state index contributed by atoms with van der Waals surface area (Å²) in [5, 5.41) is 2.17. The standard InChI is InChI=1S/C13H21N3OS2/c1-11(18-2)13(17)16-5-3-4-15(6-7-16)8-12-9-19-10-14-12/h9-11H,3-8H2,1-2H3. The normalized spacial score (nSPS) is 19.2. The minimum atomic E-state index is 0.0742. The number of hydrogen-bond donors (Lipinski definition) is 0. The zero-order valence-electron chi connectivity index (χ0n) is 11.5. The van der Waals surface area contributed by atoms with Gasteiger partial charge in [0.2, 0.25) is 5.91 Å². The van der Waals surface area contributed by atoms with Gasteiger partial charge in [0.05, 0.1) is 16.5 Å². The third-order valence-corrected chi connectivity index (χ3v) is 5.01. The zero-order chi connectivity index (χ0) is 13.7. The first kappa shape index (κ1) is 14.8. The molecule has 1 saturated heterocycles. The van der Waals surface area contributed by atoms with Crippen molar-refractivity contribution in [2.75, 3.05) is 32.4 Å². The molecule has 1 aromatic heterocycles. The first-order valence-electron chi connectivity index (χ1n) is 6.61. The molecule has 6 heteroatoms. The van der Waals surface area contributed by atoms with Crippen LogP contribution >= 0.6 is 23.1 Å². The quantitative estimate of drug-likeness (QED) is 0.851. The van der Waals surface area contributed by atoms with E-state index in [9.17, 15) is 4.79 Å². The van der Waals surface area contributed by atoms with Crippen LogP contribution in [0.4, 0.5) is 0 Å². The van der Waals surface area contributed by atoms with Crippen molar-refractivity contribution in [3.05, 3.63) is 16.6 Å². The van der Waals surface area contributed by atoms with Crippen molar-refractivity contribution in [2.24, 2.45) is 0 Å². The number of thiazole rings is 1. The molecule has 0 aromatic carbocycles. The molecule has 0 bridgehead atoms. The van der Waals surface area contributed by atoms with E-state index < -0.39 is 0 Å². The fourth-order valence-corrected chi connectivity index (χ4v) is 3.15. The average molecular weight is 299 g/mol. The lowest BCUT2D eigenvalue weighted by Gasteiger charge is -2.23. The zero-order valence-corrected chi connectivity index (χ0v) is 13.2. The number of amides is 1. The van der Waals surface area contributed by atoms with E-state index in [1.165, 1.54) is 0 Å². The van der Waals surface area contributed by atoms with Gasteiger partial charge in [0, 0.05) is 38.1 Å². The van der Waals surface area contributed by atoms with E-state index in [1.807, 2.05) is 23.6 Å². The molecular formula is C13H21N3OS2. The summed E-state index contributed by atoms with van der Waals surface area (Å²) in [5.74, 6) is 0.281. The molecule has 0 radical (unpaired) electrons. The van der Waals surface area contributed by atoms with Crippen LogP contribution in [0.5, 0.6) is 0 Å². The Bertz CT molecular complexity index is 397. The summed E-state index contributed by atoms with van der Waals surface area (Å²) in [4.78, 5) is 20.9. The van der Waals surface area contributed by atoms with E-state index in [1.54, 1.807) is 23.1 Å². The average Bonchev–Trinajstić information content (AvgIpc) is 2.82. The van der Waals surface area contributed by atoms with E-state index in [4.69, 9.17) is 0 Å². The second kappa shape index (κ2) is 7.26. The van der Waals surface area contributed by atoms with E-state index >= 15 is 0 Å². The summed E-state index contributed by atoms with van der Waals surface area (Å²) in [5.41, 5.74) is 3.02. The number of carbonyl (C=O) groups excluding carboxylic acids is 1. The molecule has 4 nitrogen and oxygen atoms in total. The predicted molar refractivity (Wildman–Crippen MR) is 81.6 cm³/mol. The highest BCUT2D eigenvalue weighted by atomic mass is 32.2. The number of thioether (sulfide) groups is 1. The van der Waals surface area contributed by atoms with Crippen LogP contribution in [0.3, 0.4) is 0 Å². The van der Waals surface area contributed by atoms with Gasteiger partial charge in [-0.05, 0) is 19.6 Å². The predicted octanol–water partition coefficient (Wildman–Crippen LogP) is 1.93. The minimum absolute atomic E-state index is 0.0742. The van der Waals surface area contributed by atoms with Gasteiger partial charge < -0.3 is 4.90 Å². The van der Waals surface area contributed by atoms with Gasteiger partial charge >= 0.3 is 0 Å². The molecule has 1 fully saturated rings. The Balaban J connectivity index is 1.86. The van der Waals surface area contributed by atoms with Crippen molar-refractivity contribution in [1.29, 1.82) is 0 Å². The molecule has 1 atom stereocenters. The lowest BCUT2D eigenvalue weighted by molar-refractivity contribution is -0.130. The van der Waals surface area contributed by atoms with Gasteiger partial charge in [0.25, 0.3) is 0 Å². The summed E-state index contributed by atoms with van der Waals surface area (Å²) in [7, 11) is 0. The molecule has 1 amide bonds. The lowest BCUT2D eigenvalue weighted by atomic mass is 10.3. The summed E-state index contributed by atoms with van der Waals surface area (Å²) < 4.78 is 0. The molecule has 1 aliphatic heterocycles. The summed E-state index contributed by atoms with van der Waals surface area (Å²) in [6.45, 7) is 6.62. The number of hydrogen-bond acceptors (Lipinski definition) is 5. The van der Waals surface area contributed by atoms with Gasteiger partial charge in [0.1, 0.15) is 0 Å². The first-order valence-corrected chi connectivity index (χ1v) is 8.84. The van der Waals surface area contributed by atoms with Crippen LogP contribution < -0.4 is 0 Å². The first-order chi connectivity index (χ1) is 9.20. The maximum absolute atomic E-state index is 12.2. The van der Waals surface area contributed by atoms with Gasteiger partial charge in [-0.2, -0.15) is 11.8 Å². The maximum atomic E-state index is 12.2. The molecule has 0 aliphatic carbocycles. The SMILES string of the molecule is CSC(C)C(=O)N1CCCN(Cc2cscn2)CC1. The number of aromatic nitrogens is 1. The Labute approximate surface area is 123 Å². The van der Waals surface area contributed by atoms with Crippen molar-refractivity contribution < 1.29 is 4.79 Å². The summed E-state index contributed by atoms with van der Waals surface area (Å²) in [6.07, 6.45) is 3.05. The summed E-state index contributed by atoms with van der Waals surface area (Å²) >= 11 is 3.27. The van der Waals surface area contributed by atoms with Crippen LogP contribution in [0.25, 0.3) is 0 Å². The van der Waals surface area contributed by atoms with Crippen LogP contribution in [0.2, 0.25) is 0 Å². The largest absolute Gasteiger partial charge is 0.340 e. The topological polar surface area (TPSA) is 36.4 Å². The Kier molecular flexibility index (Phi) is 5.66. The van der Waals surface area contributed by atoms with Crippen LogP contribution in [0.1, 0.15) is 19.0 Å². The molecule has 1 unspecified atom stereocenters. The van der Waals surface area contributed by atoms with Crippen LogP contribution in [-0.4, -0.2) is 58.4 Å². The van der Waals surface area contributed by atoms with E-state index in [2.05, 4.69) is 15.3 Å². The molecule has 19 heavy (non-hydrogen) atoms. The maximum Gasteiger partial charge on any atom is 0.235 e. The van der Waals surface area contributed by atoms with Crippen molar-refractivity contribution in [1.82, 2.24) is 14.8 Å².